The predicted molar refractivity (Wildman–Crippen MR) is 83.0 cm³/mol. The molecule has 0 spiro atoms. The predicted octanol–water partition coefficient (Wildman–Crippen LogP) is 1.91. The topological polar surface area (TPSA) is 96.1 Å². The zero-order valence-electron chi connectivity index (χ0n) is 12.6. The number of hydrogen-bond acceptors (Lipinski definition) is 6. The Labute approximate surface area is 125 Å². The summed E-state index contributed by atoms with van der Waals surface area (Å²) >= 11 is 0. The van der Waals surface area contributed by atoms with Crippen molar-refractivity contribution in [3.05, 3.63) is 11.4 Å². The molecule has 3 rings (SSSR count). The van der Waals surface area contributed by atoms with Gasteiger partial charge in [0.25, 0.3) is 0 Å². The SMILES string of the molecule is Cc1c(NN)nc(C2CC2)nc1NCC1CCCC(O)C1. The molecule has 0 radical (unpaired) electrons. The van der Waals surface area contributed by atoms with Crippen LogP contribution in [0.2, 0.25) is 0 Å². The Morgan fingerprint density at radius 3 is 2.62 bits per heavy atom. The number of nitrogens with two attached hydrogens (primary N) is 1. The second kappa shape index (κ2) is 6.15. The van der Waals surface area contributed by atoms with Crippen LogP contribution in [0.15, 0.2) is 0 Å². The van der Waals surface area contributed by atoms with Crippen LogP contribution in [0.4, 0.5) is 11.6 Å². The molecule has 1 aromatic rings. The van der Waals surface area contributed by atoms with Gasteiger partial charge >= 0.3 is 0 Å². The van der Waals surface area contributed by atoms with Crippen molar-refractivity contribution < 1.29 is 5.11 Å². The number of aromatic nitrogens is 2. The van der Waals surface area contributed by atoms with E-state index in [4.69, 9.17) is 5.84 Å². The molecule has 0 saturated heterocycles. The van der Waals surface area contributed by atoms with E-state index in [1.165, 1.54) is 19.3 Å². The molecular formula is C15H25N5O. The summed E-state index contributed by atoms with van der Waals surface area (Å²) in [6.45, 7) is 2.83. The fourth-order valence-electron chi connectivity index (χ4n) is 3.06. The van der Waals surface area contributed by atoms with Gasteiger partial charge in [-0.25, -0.2) is 15.8 Å². The van der Waals surface area contributed by atoms with Gasteiger partial charge in [-0.15, -0.1) is 0 Å². The zero-order chi connectivity index (χ0) is 14.8. The maximum absolute atomic E-state index is 9.76. The lowest BCUT2D eigenvalue weighted by Crippen LogP contribution is -2.25. The molecule has 6 nitrogen and oxygen atoms in total. The van der Waals surface area contributed by atoms with Crippen molar-refractivity contribution in [2.75, 3.05) is 17.3 Å². The van der Waals surface area contributed by atoms with Crippen molar-refractivity contribution in [3.8, 4) is 0 Å². The molecule has 2 atom stereocenters. The number of nitrogen functional groups attached to an aromatic ring is 1. The Morgan fingerprint density at radius 2 is 1.95 bits per heavy atom. The summed E-state index contributed by atoms with van der Waals surface area (Å²) in [4.78, 5) is 9.16. The Hall–Kier alpha value is -1.40. The first-order valence-corrected chi connectivity index (χ1v) is 7.94. The van der Waals surface area contributed by atoms with E-state index >= 15 is 0 Å². The summed E-state index contributed by atoms with van der Waals surface area (Å²) in [6, 6.07) is 0. The highest BCUT2D eigenvalue weighted by atomic mass is 16.3. The molecule has 2 saturated carbocycles. The van der Waals surface area contributed by atoms with Crippen molar-refractivity contribution in [2.24, 2.45) is 11.8 Å². The maximum Gasteiger partial charge on any atom is 0.148 e. The summed E-state index contributed by atoms with van der Waals surface area (Å²) in [5, 5.41) is 13.2. The fraction of sp³-hybridized carbons (Fsp3) is 0.733. The molecule has 0 bridgehead atoms. The maximum atomic E-state index is 9.76. The van der Waals surface area contributed by atoms with E-state index in [0.29, 0.717) is 17.7 Å². The van der Waals surface area contributed by atoms with Gasteiger partial charge in [0.1, 0.15) is 17.5 Å². The van der Waals surface area contributed by atoms with E-state index in [2.05, 4.69) is 20.7 Å². The van der Waals surface area contributed by atoms with Crippen molar-refractivity contribution in [2.45, 2.75) is 57.5 Å². The molecule has 6 heteroatoms. The number of rotatable bonds is 5. The van der Waals surface area contributed by atoms with Crippen LogP contribution in [0.25, 0.3) is 0 Å². The third kappa shape index (κ3) is 3.44. The molecule has 1 aromatic heterocycles. The number of nitrogens with one attached hydrogen (secondary N) is 2. The van der Waals surface area contributed by atoms with Gasteiger partial charge in [-0.1, -0.05) is 6.42 Å². The van der Waals surface area contributed by atoms with E-state index in [-0.39, 0.29) is 6.10 Å². The Morgan fingerprint density at radius 1 is 1.19 bits per heavy atom. The van der Waals surface area contributed by atoms with Crippen LogP contribution in [0, 0.1) is 12.8 Å². The number of aliphatic hydroxyl groups is 1. The average molecular weight is 291 g/mol. The van der Waals surface area contributed by atoms with Gasteiger partial charge in [-0.05, 0) is 44.9 Å². The first-order valence-electron chi connectivity index (χ1n) is 7.94. The minimum atomic E-state index is -0.139. The molecular weight excluding hydrogens is 266 g/mol. The highest BCUT2D eigenvalue weighted by Crippen LogP contribution is 2.39. The summed E-state index contributed by atoms with van der Waals surface area (Å²) in [5.41, 5.74) is 3.63. The van der Waals surface area contributed by atoms with E-state index in [1.54, 1.807) is 0 Å². The quantitative estimate of drug-likeness (QED) is 0.489. The first-order chi connectivity index (χ1) is 10.2. The number of aliphatic hydroxyl groups excluding tert-OH is 1. The Kier molecular flexibility index (Phi) is 4.26. The summed E-state index contributed by atoms with van der Waals surface area (Å²) in [6.07, 6.45) is 6.30. The molecule has 2 fully saturated rings. The van der Waals surface area contributed by atoms with E-state index in [0.717, 1.165) is 43.0 Å². The molecule has 21 heavy (non-hydrogen) atoms. The van der Waals surface area contributed by atoms with E-state index in [9.17, 15) is 5.11 Å². The lowest BCUT2D eigenvalue weighted by atomic mass is 9.87. The molecule has 5 N–H and O–H groups in total. The largest absolute Gasteiger partial charge is 0.393 e. The van der Waals surface area contributed by atoms with Gasteiger partial charge in [0.15, 0.2) is 0 Å². The molecule has 2 aliphatic carbocycles. The van der Waals surface area contributed by atoms with Gasteiger partial charge in [0.05, 0.1) is 6.10 Å². The normalized spacial score (nSPS) is 25.7. The van der Waals surface area contributed by atoms with E-state index in [1.807, 2.05) is 6.92 Å². The Balaban J connectivity index is 1.70. The average Bonchev–Trinajstić information content (AvgIpc) is 3.31. The highest BCUT2D eigenvalue weighted by molar-refractivity contribution is 5.57. The molecule has 2 unspecified atom stereocenters. The monoisotopic (exact) mass is 291 g/mol. The van der Waals surface area contributed by atoms with Gasteiger partial charge in [0.2, 0.25) is 0 Å². The zero-order valence-corrected chi connectivity index (χ0v) is 12.6. The lowest BCUT2D eigenvalue weighted by molar-refractivity contribution is 0.104. The molecule has 0 aliphatic heterocycles. The number of nitrogens with zero attached hydrogens (tertiary/aromatic N) is 2. The van der Waals surface area contributed by atoms with Crippen molar-refractivity contribution in [3.63, 3.8) is 0 Å². The van der Waals surface area contributed by atoms with Crippen molar-refractivity contribution in [1.29, 1.82) is 0 Å². The lowest BCUT2D eigenvalue weighted by Gasteiger charge is -2.26. The standard InChI is InChI=1S/C15H25N5O/c1-9-13(17-8-10-3-2-4-12(21)7-10)18-15(11-5-6-11)19-14(9)20-16/h10-12,21H,2-8,16H2,1H3,(H2,17,18,19,20). The van der Waals surface area contributed by atoms with Crippen LogP contribution in [-0.2, 0) is 0 Å². The summed E-state index contributed by atoms with van der Waals surface area (Å²) in [7, 11) is 0. The fourth-order valence-corrected chi connectivity index (χ4v) is 3.06. The number of anilines is 2. The summed E-state index contributed by atoms with van der Waals surface area (Å²) < 4.78 is 0. The second-order valence-corrected chi connectivity index (χ2v) is 6.39. The smallest absolute Gasteiger partial charge is 0.148 e. The first kappa shape index (κ1) is 14.5. The van der Waals surface area contributed by atoms with Gasteiger partial charge in [-0.3, -0.25) is 0 Å². The van der Waals surface area contributed by atoms with Gasteiger partial charge in [0, 0.05) is 18.0 Å². The van der Waals surface area contributed by atoms with E-state index < -0.39 is 0 Å². The molecule has 1 heterocycles. The summed E-state index contributed by atoms with van der Waals surface area (Å²) in [5.74, 6) is 9.05. The van der Waals surface area contributed by atoms with Crippen LogP contribution in [0.5, 0.6) is 0 Å². The molecule has 116 valence electrons. The minimum absolute atomic E-state index is 0.139. The van der Waals surface area contributed by atoms with Gasteiger partial charge in [-0.2, -0.15) is 0 Å². The third-order valence-electron chi connectivity index (χ3n) is 4.56. The van der Waals surface area contributed by atoms with Crippen LogP contribution in [-0.4, -0.2) is 27.7 Å². The van der Waals surface area contributed by atoms with Crippen LogP contribution >= 0.6 is 0 Å². The van der Waals surface area contributed by atoms with Crippen molar-refractivity contribution >= 4 is 11.6 Å². The molecule has 0 aromatic carbocycles. The molecule has 2 aliphatic rings. The van der Waals surface area contributed by atoms with Crippen LogP contribution < -0.4 is 16.6 Å². The Bertz CT molecular complexity index is 503. The number of hydrogen-bond donors (Lipinski definition) is 4. The second-order valence-electron chi connectivity index (χ2n) is 6.39. The number of hydrazine groups is 1. The molecule has 0 amide bonds. The third-order valence-corrected chi connectivity index (χ3v) is 4.56. The van der Waals surface area contributed by atoms with Crippen LogP contribution in [0.3, 0.4) is 0 Å². The van der Waals surface area contributed by atoms with Crippen molar-refractivity contribution in [1.82, 2.24) is 9.97 Å². The minimum Gasteiger partial charge on any atom is -0.393 e. The van der Waals surface area contributed by atoms with Gasteiger partial charge < -0.3 is 15.8 Å². The van der Waals surface area contributed by atoms with Crippen LogP contribution in [0.1, 0.15) is 55.8 Å². The highest BCUT2D eigenvalue weighted by Gasteiger charge is 2.28.